The molecule has 1 aromatic rings. The lowest BCUT2D eigenvalue weighted by atomic mass is 10.0. The average Bonchev–Trinajstić information content (AvgIpc) is 2.64. The quantitative estimate of drug-likeness (QED) is 0.696. The minimum absolute atomic E-state index is 0.483. The lowest BCUT2D eigenvalue weighted by Gasteiger charge is -2.03. The van der Waals surface area contributed by atoms with Crippen LogP contribution < -0.4 is 5.73 Å². The second-order valence-electron chi connectivity index (χ2n) is 3.54. The Balaban J connectivity index is 2.26. The molecule has 3 nitrogen and oxygen atoms in total. The fourth-order valence-corrected chi connectivity index (χ4v) is 1.94. The number of hydrogen-bond acceptors (Lipinski definition) is 3. The van der Waals surface area contributed by atoms with Crippen LogP contribution in [0.25, 0.3) is 0 Å². The summed E-state index contributed by atoms with van der Waals surface area (Å²) < 4.78 is 4.94. The molecule has 0 amide bonds. The standard InChI is InChI=1S/C9H14N2O/c1-6-8(11-12-9(6)10)7-4-2-3-5-7/h7H,2-5,10H2,1H3. The molecule has 0 aliphatic heterocycles. The van der Waals surface area contributed by atoms with Gasteiger partial charge < -0.3 is 10.3 Å². The second kappa shape index (κ2) is 2.81. The molecular weight excluding hydrogens is 152 g/mol. The van der Waals surface area contributed by atoms with Crippen LogP contribution in [0.5, 0.6) is 0 Å². The number of nitrogen functional groups attached to an aromatic ring is 1. The van der Waals surface area contributed by atoms with Crippen molar-refractivity contribution >= 4 is 5.88 Å². The van der Waals surface area contributed by atoms with E-state index in [9.17, 15) is 0 Å². The van der Waals surface area contributed by atoms with Gasteiger partial charge in [-0.2, -0.15) is 0 Å². The number of anilines is 1. The number of aromatic nitrogens is 1. The molecule has 0 aromatic carbocycles. The summed E-state index contributed by atoms with van der Waals surface area (Å²) in [6.07, 6.45) is 5.12. The molecule has 2 rings (SSSR count). The molecule has 0 bridgehead atoms. The van der Waals surface area contributed by atoms with Gasteiger partial charge in [0.25, 0.3) is 0 Å². The molecule has 3 heteroatoms. The van der Waals surface area contributed by atoms with Gasteiger partial charge >= 0.3 is 0 Å². The summed E-state index contributed by atoms with van der Waals surface area (Å²) >= 11 is 0. The maximum atomic E-state index is 5.58. The third-order valence-electron chi connectivity index (χ3n) is 2.74. The predicted octanol–water partition coefficient (Wildman–Crippen LogP) is 2.22. The molecule has 0 saturated heterocycles. The van der Waals surface area contributed by atoms with E-state index in [-0.39, 0.29) is 0 Å². The third kappa shape index (κ3) is 1.09. The van der Waals surface area contributed by atoms with Crippen LogP contribution in [-0.4, -0.2) is 5.16 Å². The van der Waals surface area contributed by atoms with Gasteiger partial charge in [0.1, 0.15) is 0 Å². The first-order valence-electron chi connectivity index (χ1n) is 4.50. The first-order valence-corrected chi connectivity index (χ1v) is 4.50. The highest BCUT2D eigenvalue weighted by molar-refractivity contribution is 5.39. The summed E-state index contributed by atoms with van der Waals surface area (Å²) in [7, 11) is 0. The largest absolute Gasteiger partial charge is 0.367 e. The van der Waals surface area contributed by atoms with Gasteiger partial charge in [-0.3, -0.25) is 0 Å². The molecule has 12 heavy (non-hydrogen) atoms. The highest BCUT2D eigenvalue weighted by atomic mass is 16.5. The summed E-state index contributed by atoms with van der Waals surface area (Å²) in [6.45, 7) is 1.99. The van der Waals surface area contributed by atoms with Crippen LogP contribution in [0.3, 0.4) is 0 Å². The van der Waals surface area contributed by atoms with Crippen molar-refractivity contribution in [3.8, 4) is 0 Å². The zero-order chi connectivity index (χ0) is 8.55. The molecule has 1 aromatic heterocycles. The van der Waals surface area contributed by atoms with Crippen molar-refractivity contribution in [1.29, 1.82) is 0 Å². The van der Waals surface area contributed by atoms with Crippen LogP contribution in [-0.2, 0) is 0 Å². The minimum Gasteiger partial charge on any atom is -0.367 e. The Morgan fingerprint density at radius 2 is 2.08 bits per heavy atom. The van der Waals surface area contributed by atoms with Crippen molar-refractivity contribution in [2.45, 2.75) is 38.5 Å². The van der Waals surface area contributed by atoms with E-state index in [0.29, 0.717) is 11.8 Å². The van der Waals surface area contributed by atoms with E-state index in [1.807, 2.05) is 6.92 Å². The molecule has 1 heterocycles. The van der Waals surface area contributed by atoms with Gasteiger partial charge in [0, 0.05) is 11.5 Å². The highest BCUT2D eigenvalue weighted by Gasteiger charge is 2.23. The van der Waals surface area contributed by atoms with E-state index in [4.69, 9.17) is 10.3 Å². The monoisotopic (exact) mass is 166 g/mol. The van der Waals surface area contributed by atoms with Gasteiger partial charge in [0.15, 0.2) is 0 Å². The van der Waals surface area contributed by atoms with Crippen molar-refractivity contribution in [2.24, 2.45) is 0 Å². The smallest absolute Gasteiger partial charge is 0.225 e. The molecule has 1 aliphatic rings. The first kappa shape index (κ1) is 7.65. The fraction of sp³-hybridized carbons (Fsp3) is 0.667. The number of nitrogens with two attached hydrogens (primary N) is 1. The van der Waals surface area contributed by atoms with E-state index in [1.165, 1.54) is 25.7 Å². The Morgan fingerprint density at radius 3 is 2.58 bits per heavy atom. The summed E-state index contributed by atoms with van der Waals surface area (Å²) in [6, 6.07) is 0. The number of nitrogens with zero attached hydrogens (tertiary/aromatic N) is 1. The molecule has 1 aliphatic carbocycles. The van der Waals surface area contributed by atoms with Crippen LogP contribution >= 0.6 is 0 Å². The van der Waals surface area contributed by atoms with Gasteiger partial charge in [-0.25, -0.2) is 0 Å². The third-order valence-corrected chi connectivity index (χ3v) is 2.74. The Labute approximate surface area is 71.9 Å². The van der Waals surface area contributed by atoms with Crippen molar-refractivity contribution < 1.29 is 4.52 Å². The minimum atomic E-state index is 0.483. The lowest BCUT2D eigenvalue weighted by Crippen LogP contribution is -1.95. The zero-order valence-corrected chi connectivity index (χ0v) is 7.34. The van der Waals surface area contributed by atoms with Gasteiger partial charge in [-0.15, -0.1) is 0 Å². The van der Waals surface area contributed by atoms with Crippen LogP contribution in [0.2, 0.25) is 0 Å². The molecule has 1 fully saturated rings. The fourth-order valence-electron chi connectivity index (χ4n) is 1.94. The molecular formula is C9H14N2O. The van der Waals surface area contributed by atoms with Crippen molar-refractivity contribution in [1.82, 2.24) is 5.16 Å². The van der Waals surface area contributed by atoms with Gasteiger partial charge in [0.05, 0.1) is 5.69 Å². The normalized spacial score (nSPS) is 18.8. The molecule has 0 spiro atoms. The molecule has 0 radical (unpaired) electrons. The SMILES string of the molecule is Cc1c(C2CCCC2)noc1N. The van der Waals surface area contributed by atoms with Gasteiger partial charge in [-0.05, 0) is 19.8 Å². The Hall–Kier alpha value is -0.990. The molecule has 0 atom stereocenters. The number of rotatable bonds is 1. The Morgan fingerprint density at radius 1 is 1.42 bits per heavy atom. The summed E-state index contributed by atoms with van der Waals surface area (Å²) in [4.78, 5) is 0. The maximum Gasteiger partial charge on any atom is 0.225 e. The molecule has 2 N–H and O–H groups in total. The second-order valence-corrected chi connectivity index (χ2v) is 3.54. The Kier molecular flexibility index (Phi) is 1.79. The lowest BCUT2D eigenvalue weighted by molar-refractivity contribution is 0.420. The van der Waals surface area contributed by atoms with Crippen LogP contribution in [0.15, 0.2) is 4.52 Å². The van der Waals surface area contributed by atoms with Crippen molar-refractivity contribution in [2.75, 3.05) is 5.73 Å². The van der Waals surface area contributed by atoms with Gasteiger partial charge in [-0.1, -0.05) is 18.0 Å². The predicted molar refractivity (Wildman–Crippen MR) is 46.9 cm³/mol. The van der Waals surface area contributed by atoms with E-state index in [2.05, 4.69) is 5.16 Å². The van der Waals surface area contributed by atoms with E-state index >= 15 is 0 Å². The topological polar surface area (TPSA) is 52.0 Å². The van der Waals surface area contributed by atoms with E-state index in [1.54, 1.807) is 0 Å². The van der Waals surface area contributed by atoms with Crippen molar-refractivity contribution in [3.63, 3.8) is 0 Å². The molecule has 66 valence electrons. The molecule has 0 unspecified atom stereocenters. The Bertz CT molecular complexity index is 274. The maximum absolute atomic E-state index is 5.58. The van der Waals surface area contributed by atoms with Crippen LogP contribution in [0.1, 0.15) is 42.9 Å². The summed E-state index contributed by atoms with van der Waals surface area (Å²) in [5.41, 5.74) is 7.71. The van der Waals surface area contributed by atoms with Crippen LogP contribution in [0, 0.1) is 6.92 Å². The summed E-state index contributed by atoms with van der Waals surface area (Å²) in [5, 5.41) is 4.00. The average molecular weight is 166 g/mol. The highest BCUT2D eigenvalue weighted by Crippen LogP contribution is 2.36. The zero-order valence-electron chi connectivity index (χ0n) is 7.34. The molecule has 1 saturated carbocycles. The van der Waals surface area contributed by atoms with Crippen LogP contribution in [0.4, 0.5) is 5.88 Å². The summed E-state index contributed by atoms with van der Waals surface area (Å²) in [5.74, 6) is 1.09. The van der Waals surface area contributed by atoms with Gasteiger partial charge in [0.2, 0.25) is 5.88 Å². The van der Waals surface area contributed by atoms with Crippen molar-refractivity contribution in [3.05, 3.63) is 11.3 Å². The van der Waals surface area contributed by atoms with E-state index < -0.39 is 0 Å². The first-order chi connectivity index (χ1) is 5.79. The van der Waals surface area contributed by atoms with E-state index in [0.717, 1.165) is 11.3 Å². The number of hydrogen-bond donors (Lipinski definition) is 1.